The number of esters is 1. The summed E-state index contributed by atoms with van der Waals surface area (Å²) in [5, 5.41) is 4.60. The highest BCUT2D eigenvalue weighted by Crippen LogP contribution is 2.25. The van der Waals surface area contributed by atoms with Crippen LogP contribution >= 0.6 is 0 Å². The summed E-state index contributed by atoms with van der Waals surface area (Å²) in [4.78, 5) is 17.6. The van der Waals surface area contributed by atoms with Crippen molar-refractivity contribution in [3.8, 4) is 0 Å². The van der Waals surface area contributed by atoms with Gasteiger partial charge in [-0.1, -0.05) is 20.8 Å². The Kier molecular flexibility index (Phi) is 4.16. The van der Waals surface area contributed by atoms with Gasteiger partial charge in [-0.05, 0) is 6.07 Å². The summed E-state index contributed by atoms with van der Waals surface area (Å²) in [6, 6.07) is 2.05. The summed E-state index contributed by atoms with van der Waals surface area (Å²) in [6.45, 7) is 6.93. The molecule has 0 aliphatic carbocycles. The molecule has 0 fully saturated rings. The summed E-state index contributed by atoms with van der Waals surface area (Å²) >= 11 is 0. The highest BCUT2D eigenvalue weighted by Gasteiger charge is 2.20. The summed E-state index contributed by atoms with van der Waals surface area (Å²) in [7, 11) is 3.31. The fourth-order valence-corrected chi connectivity index (χ4v) is 2.04. The molecule has 2 heterocycles. The zero-order chi connectivity index (χ0) is 15.6. The maximum absolute atomic E-state index is 11.3. The maximum atomic E-state index is 11.3. The van der Waals surface area contributed by atoms with E-state index in [4.69, 9.17) is 0 Å². The molecule has 2 rings (SSSR count). The van der Waals surface area contributed by atoms with Crippen LogP contribution in [-0.2, 0) is 14.9 Å². The van der Waals surface area contributed by atoms with E-state index in [1.807, 2.05) is 22.7 Å². The Labute approximate surface area is 124 Å². The van der Waals surface area contributed by atoms with Crippen LogP contribution in [0.1, 0.15) is 32.9 Å². The van der Waals surface area contributed by atoms with E-state index in [9.17, 15) is 4.79 Å². The first-order chi connectivity index (χ1) is 9.82. The number of anilines is 1. The molecule has 0 saturated heterocycles. The molecule has 0 atom stereocenters. The van der Waals surface area contributed by atoms with E-state index in [-0.39, 0.29) is 11.4 Å². The van der Waals surface area contributed by atoms with Gasteiger partial charge < -0.3 is 9.64 Å². The standard InChI is InChI=1S/C15H22N4O2/c1-15(2,3)12-10-11-14(16-7-9-19(11)17-12)18(4)8-6-13(20)21-5/h7,9-10H,6,8H2,1-5H3. The third-order valence-corrected chi connectivity index (χ3v) is 3.38. The molecule has 6 heteroatoms. The lowest BCUT2D eigenvalue weighted by molar-refractivity contribution is -0.140. The van der Waals surface area contributed by atoms with E-state index in [1.54, 1.807) is 6.20 Å². The third kappa shape index (κ3) is 3.32. The largest absolute Gasteiger partial charge is 0.469 e. The maximum Gasteiger partial charge on any atom is 0.307 e. The van der Waals surface area contributed by atoms with Gasteiger partial charge in [-0.3, -0.25) is 4.79 Å². The van der Waals surface area contributed by atoms with Gasteiger partial charge in [0.25, 0.3) is 0 Å². The van der Waals surface area contributed by atoms with Crippen molar-refractivity contribution in [2.45, 2.75) is 32.6 Å². The van der Waals surface area contributed by atoms with Gasteiger partial charge in [0.1, 0.15) is 5.52 Å². The minimum absolute atomic E-state index is 0.0200. The van der Waals surface area contributed by atoms with Gasteiger partial charge in [0.2, 0.25) is 0 Å². The first-order valence-corrected chi connectivity index (χ1v) is 6.95. The van der Waals surface area contributed by atoms with Gasteiger partial charge in [-0.25, -0.2) is 9.50 Å². The molecule has 0 saturated carbocycles. The smallest absolute Gasteiger partial charge is 0.307 e. The van der Waals surface area contributed by atoms with Crippen molar-refractivity contribution in [1.82, 2.24) is 14.6 Å². The number of fused-ring (bicyclic) bond motifs is 1. The topological polar surface area (TPSA) is 59.7 Å². The highest BCUT2D eigenvalue weighted by molar-refractivity contribution is 5.72. The molecule has 0 aromatic carbocycles. The lowest BCUT2D eigenvalue weighted by Gasteiger charge is -2.17. The fraction of sp³-hybridized carbons (Fsp3) is 0.533. The molecule has 0 aliphatic rings. The third-order valence-electron chi connectivity index (χ3n) is 3.38. The molecule has 2 aromatic rings. The second-order valence-corrected chi connectivity index (χ2v) is 6.11. The Morgan fingerprint density at radius 1 is 1.43 bits per heavy atom. The van der Waals surface area contributed by atoms with Crippen molar-refractivity contribution >= 4 is 17.3 Å². The van der Waals surface area contributed by atoms with Crippen LogP contribution in [0.15, 0.2) is 18.5 Å². The molecule has 0 N–H and O–H groups in total. The lowest BCUT2D eigenvalue weighted by atomic mass is 9.92. The second kappa shape index (κ2) is 5.71. The quantitative estimate of drug-likeness (QED) is 0.806. The zero-order valence-electron chi connectivity index (χ0n) is 13.3. The number of nitrogens with zero attached hydrogens (tertiary/aromatic N) is 4. The lowest BCUT2D eigenvalue weighted by Crippen LogP contribution is -2.23. The Bertz CT molecular complexity index is 643. The number of ether oxygens (including phenoxy) is 1. The molecule has 0 spiro atoms. The molecule has 114 valence electrons. The molecule has 0 radical (unpaired) electrons. The zero-order valence-corrected chi connectivity index (χ0v) is 13.3. The summed E-state index contributed by atoms with van der Waals surface area (Å²) in [5.41, 5.74) is 1.93. The van der Waals surface area contributed by atoms with E-state index in [0.717, 1.165) is 17.0 Å². The average molecular weight is 290 g/mol. The van der Waals surface area contributed by atoms with Crippen LogP contribution in [0.5, 0.6) is 0 Å². The summed E-state index contributed by atoms with van der Waals surface area (Å²) in [5.74, 6) is 0.585. The molecule has 0 unspecified atom stereocenters. The van der Waals surface area contributed by atoms with Crippen LogP contribution in [0.25, 0.3) is 5.52 Å². The van der Waals surface area contributed by atoms with Crippen molar-refractivity contribution in [2.24, 2.45) is 0 Å². The molecule has 21 heavy (non-hydrogen) atoms. The molecule has 0 amide bonds. The van der Waals surface area contributed by atoms with E-state index in [0.29, 0.717) is 13.0 Å². The predicted octanol–water partition coefficient (Wildman–Crippen LogP) is 2.03. The first-order valence-electron chi connectivity index (χ1n) is 6.95. The number of hydrogen-bond donors (Lipinski definition) is 0. The van der Waals surface area contributed by atoms with Crippen LogP contribution in [0.2, 0.25) is 0 Å². The van der Waals surface area contributed by atoms with Crippen molar-refractivity contribution in [3.05, 3.63) is 24.2 Å². The Morgan fingerprint density at radius 3 is 2.76 bits per heavy atom. The number of carbonyl (C=O) groups excluding carboxylic acids is 1. The SMILES string of the molecule is COC(=O)CCN(C)c1nccn2nc(C(C)(C)C)cc12. The minimum Gasteiger partial charge on any atom is -0.469 e. The Hall–Kier alpha value is -2.11. The van der Waals surface area contributed by atoms with Gasteiger partial charge in [0, 0.05) is 31.4 Å². The van der Waals surface area contributed by atoms with Crippen molar-refractivity contribution in [2.75, 3.05) is 25.6 Å². The number of rotatable bonds is 4. The molecular weight excluding hydrogens is 268 g/mol. The van der Waals surface area contributed by atoms with Crippen LogP contribution < -0.4 is 4.90 Å². The van der Waals surface area contributed by atoms with Crippen molar-refractivity contribution < 1.29 is 9.53 Å². The van der Waals surface area contributed by atoms with Crippen molar-refractivity contribution in [3.63, 3.8) is 0 Å². The van der Waals surface area contributed by atoms with E-state index < -0.39 is 0 Å². The Morgan fingerprint density at radius 2 is 2.14 bits per heavy atom. The van der Waals surface area contributed by atoms with Gasteiger partial charge in [-0.2, -0.15) is 5.10 Å². The van der Waals surface area contributed by atoms with E-state index in [1.165, 1.54) is 7.11 Å². The molecule has 6 nitrogen and oxygen atoms in total. The molecule has 2 aromatic heterocycles. The number of aromatic nitrogens is 3. The van der Waals surface area contributed by atoms with Crippen LogP contribution in [-0.4, -0.2) is 41.3 Å². The van der Waals surface area contributed by atoms with Crippen molar-refractivity contribution in [1.29, 1.82) is 0 Å². The highest BCUT2D eigenvalue weighted by atomic mass is 16.5. The van der Waals surface area contributed by atoms with Crippen LogP contribution in [0, 0.1) is 0 Å². The molecular formula is C15H22N4O2. The predicted molar refractivity (Wildman–Crippen MR) is 81.6 cm³/mol. The first kappa shape index (κ1) is 15.3. The van der Waals surface area contributed by atoms with Gasteiger partial charge in [0.15, 0.2) is 5.82 Å². The number of methoxy groups -OCH3 is 1. The van der Waals surface area contributed by atoms with E-state index >= 15 is 0 Å². The fourth-order valence-electron chi connectivity index (χ4n) is 2.04. The average Bonchev–Trinajstić information content (AvgIpc) is 2.88. The van der Waals surface area contributed by atoms with Crippen LogP contribution in [0.3, 0.4) is 0 Å². The van der Waals surface area contributed by atoms with Crippen LogP contribution in [0.4, 0.5) is 5.82 Å². The normalized spacial score (nSPS) is 11.7. The molecule has 0 bridgehead atoms. The van der Waals surface area contributed by atoms with E-state index in [2.05, 4.69) is 41.7 Å². The number of carbonyl (C=O) groups is 1. The summed E-state index contributed by atoms with van der Waals surface area (Å²) in [6.07, 6.45) is 3.88. The number of hydrogen-bond acceptors (Lipinski definition) is 5. The Balaban J connectivity index is 2.31. The van der Waals surface area contributed by atoms with Gasteiger partial charge >= 0.3 is 5.97 Å². The van der Waals surface area contributed by atoms with Gasteiger partial charge in [-0.15, -0.1) is 0 Å². The molecule has 0 aliphatic heterocycles. The van der Waals surface area contributed by atoms with Gasteiger partial charge in [0.05, 0.1) is 19.2 Å². The minimum atomic E-state index is -0.224. The monoisotopic (exact) mass is 290 g/mol. The summed E-state index contributed by atoms with van der Waals surface area (Å²) < 4.78 is 6.50. The second-order valence-electron chi connectivity index (χ2n) is 6.11.